The molecule has 9 nitrogen and oxygen atoms in total. The number of azo groups is 2. The third-order valence-corrected chi connectivity index (χ3v) is 2.03. The lowest BCUT2D eigenvalue weighted by atomic mass is 10.3. The van der Waals surface area contributed by atoms with Crippen LogP contribution in [0.2, 0.25) is 0 Å². The molecule has 9 heteroatoms. The van der Waals surface area contributed by atoms with E-state index < -0.39 is 5.66 Å². The summed E-state index contributed by atoms with van der Waals surface area (Å²) in [5.74, 6) is 0.471. The molecule has 0 aromatic carbocycles. The highest BCUT2D eigenvalue weighted by molar-refractivity contribution is 5.90. The zero-order chi connectivity index (χ0) is 11.2. The zero-order valence-electron chi connectivity index (χ0n) is 8.58. The lowest BCUT2D eigenvalue weighted by Crippen LogP contribution is -2.09. The smallest absolute Gasteiger partial charge is 0.186 e. The van der Waals surface area contributed by atoms with Crippen molar-refractivity contribution in [1.29, 1.82) is 0 Å². The Balaban J connectivity index is 2.30. The summed E-state index contributed by atoms with van der Waals surface area (Å²) in [7, 11) is 0. The molecule has 0 saturated carbocycles. The predicted octanol–water partition coefficient (Wildman–Crippen LogP) is 1.66. The van der Waals surface area contributed by atoms with Gasteiger partial charge in [-0.05, 0) is 24.3 Å². The number of aromatic nitrogens is 5. The summed E-state index contributed by atoms with van der Waals surface area (Å²) < 4.78 is 0. The van der Waals surface area contributed by atoms with E-state index in [0.29, 0.717) is 22.7 Å². The number of aromatic amines is 1. The van der Waals surface area contributed by atoms with Crippen LogP contribution in [0, 0.1) is 0 Å². The van der Waals surface area contributed by atoms with Crippen LogP contribution in [0.1, 0.15) is 13.8 Å². The van der Waals surface area contributed by atoms with Crippen molar-refractivity contribution >= 4 is 22.7 Å². The van der Waals surface area contributed by atoms with Gasteiger partial charge < -0.3 is 4.98 Å². The van der Waals surface area contributed by atoms with E-state index >= 15 is 0 Å². The van der Waals surface area contributed by atoms with E-state index in [1.807, 2.05) is 0 Å². The van der Waals surface area contributed by atoms with Gasteiger partial charge in [-0.25, -0.2) is 0 Å². The highest BCUT2D eigenvalue weighted by Crippen LogP contribution is 2.37. The third kappa shape index (κ3) is 1.25. The van der Waals surface area contributed by atoms with Crippen molar-refractivity contribution in [3.63, 3.8) is 0 Å². The Kier molecular flexibility index (Phi) is 1.59. The van der Waals surface area contributed by atoms with Crippen LogP contribution in [0.4, 0.5) is 11.5 Å². The summed E-state index contributed by atoms with van der Waals surface area (Å²) in [6.07, 6.45) is 0. The second-order valence-corrected chi connectivity index (χ2v) is 3.79. The fraction of sp³-hybridized carbons (Fsp3) is 0.429. The number of nitrogens with one attached hydrogen (secondary N) is 1. The number of H-pyrrole nitrogens is 1. The number of nitrogens with zero attached hydrogens (tertiary/aromatic N) is 8. The SMILES string of the molecule is CC1(C)N=Nc2[nH]c3nnnnc3c2N=N1. The van der Waals surface area contributed by atoms with E-state index in [-0.39, 0.29) is 0 Å². The summed E-state index contributed by atoms with van der Waals surface area (Å²) in [4.78, 5) is 2.90. The molecule has 0 radical (unpaired) electrons. The second-order valence-electron chi connectivity index (χ2n) is 3.79. The van der Waals surface area contributed by atoms with Gasteiger partial charge in [0.25, 0.3) is 0 Å². The van der Waals surface area contributed by atoms with Crippen molar-refractivity contribution < 1.29 is 0 Å². The summed E-state index contributed by atoms with van der Waals surface area (Å²) >= 11 is 0. The predicted molar refractivity (Wildman–Crippen MR) is 52.6 cm³/mol. The number of hydrogen-bond acceptors (Lipinski definition) is 8. The first kappa shape index (κ1) is 8.95. The van der Waals surface area contributed by atoms with E-state index in [1.165, 1.54) is 0 Å². The Labute approximate surface area is 89.1 Å². The summed E-state index contributed by atoms with van der Waals surface area (Å²) in [6.45, 7) is 3.61. The summed E-state index contributed by atoms with van der Waals surface area (Å²) in [5, 5.41) is 30.6. The highest BCUT2D eigenvalue weighted by Gasteiger charge is 2.22. The van der Waals surface area contributed by atoms with E-state index in [1.54, 1.807) is 13.8 Å². The molecule has 16 heavy (non-hydrogen) atoms. The molecule has 0 fully saturated rings. The van der Waals surface area contributed by atoms with Crippen LogP contribution in [-0.2, 0) is 0 Å². The molecule has 2 aromatic rings. The molecule has 0 amide bonds. The van der Waals surface area contributed by atoms with E-state index in [4.69, 9.17) is 0 Å². The van der Waals surface area contributed by atoms with Gasteiger partial charge in [0, 0.05) is 0 Å². The minimum absolute atomic E-state index is 0.470. The first-order valence-electron chi connectivity index (χ1n) is 4.59. The Morgan fingerprint density at radius 1 is 1.00 bits per heavy atom. The molecule has 0 unspecified atom stereocenters. The molecule has 0 atom stereocenters. The van der Waals surface area contributed by atoms with Gasteiger partial charge in [-0.15, -0.1) is 20.4 Å². The van der Waals surface area contributed by atoms with E-state index in [0.717, 1.165) is 0 Å². The molecule has 1 aliphatic rings. The first-order chi connectivity index (χ1) is 7.66. The molecule has 1 N–H and O–H groups in total. The van der Waals surface area contributed by atoms with Crippen molar-refractivity contribution in [2.75, 3.05) is 0 Å². The summed E-state index contributed by atoms with van der Waals surface area (Å²) in [5.41, 5.74) is 0.787. The maximum absolute atomic E-state index is 4.06. The van der Waals surface area contributed by atoms with Crippen LogP contribution in [0.3, 0.4) is 0 Å². The van der Waals surface area contributed by atoms with Crippen LogP contribution < -0.4 is 0 Å². The quantitative estimate of drug-likeness (QED) is 0.721. The van der Waals surface area contributed by atoms with Gasteiger partial charge >= 0.3 is 0 Å². The lowest BCUT2D eigenvalue weighted by molar-refractivity contribution is 0.504. The molecule has 0 aliphatic carbocycles. The van der Waals surface area contributed by atoms with Crippen LogP contribution in [0.25, 0.3) is 11.2 Å². The molecule has 0 spiro atoms. The minimum atomic E-state index is -0.667. The molecule has 0 bridgehead atoms. The first-order valence-corrected chi connectivity index (χ1v) is 4.59. The van der Waals surface area contributed by atoms with Crippen molar-refractivity contribution in [3.05, 3.63) is 0 Å². The average Bonchev–Trinajstić information content (AvgIpc) is 2.54. The van der Waals surface area contributed by atoms with Gasteiger partial charge in [0.05, 0.1) is 0 Å². The van der Waals surface area contributed by atoms with Crippen LogP contribution in [-0.4, -0.2) is 31.3 Å². The molecule has 3 rings (SSSR count). The zero-order valence-corrected chi connectivity index (χ0v) is 8.58. The Hall–Kier alpha value is -2.32. The normalized spacial score (nSPS) is 17.4. The third-order valence-electron chi connectivity index (χ3n) is 2.03. The molecule has 2 aromatic heterocycles. The summed E-state index contributed by atoms with van der Waals surface area (Å²) in [6, 6.07) is 0. The van der Waals surface area contributed by atoms with Gasteiger partial charge in [0.1, 0.15) is 0 Å². The van der Waals surface area contributed by atoms with Gasteiger partial charge in [-0.3, -0.25) is 0 Å². The second kappa shape index (κ2) is 2.84. The Bertz CT molecular complexity index is 607. The fourth-order valence-electron chi connectivity index (χ4n) is 1.28. The molecular formula is C7H7N9. The average molecular weight is 217 g/mol. The van der Waals surface area contributed by atoms with Crippen LogP contribution >= 0.6 is 0 Å². The molecule has 0 saturated heterocycles. The van der Waals surface area contributed by atoms with Crippen molar-refractivity contribution in [2.24, 2.45) is 20.5 Å². The van der Waals surface area contributed by atoms with Gasteiger partial charge in [-0.2, -0.15) is 10.2 Å². The minimum Gasteiger partial charge on any atom is -0.318 e. The largest absolute Gasteiger partial charge is 0.318 e. The number of fused-ring (bicyclic) bond motifs is 3. The van der Waals surface area contributed by atoms with Crippen molar-refractivity contribution in [3.8, 4) is 0 Å². The van der Waals surface area contributed by atoms with Gasteiger partial charge in [-0.1, -0.05) is 0 Å². The Morgan fingerprint density at radius 2 is 1.75 bits per heavy atom. The highest BCUT2D eigenvalue weighted by atomic mass is 15.4. The Morgan fingerprint density at radius 3 is 2.62 bits per heavy atom. The van der Waals surface area contributed by atoms with Gasteiger partial charge in [0.2, 0.25) is 0 Å². The fourth-order valence-corrected chi connectivity index (χ4v) is 1.28. The lowest BCUT2D eigenvalue weighted by Gasteiger charge is -2.06. The standard InChI is InChI=1S/C7H7N9/c1-7(2)13-9-3-4-6(12-16-15-10-4)8-5(3)11-14-7/h1-2H3,(H,8,12,15). The van der Waals surface area contributed by atoms with E-state index in [9.17, 15) is 0 Å². The molecular weight excluding hydrogens is 210 g/mol. The van der Waals surface area contributed by atoms with Crippen molar-refractivity contribution in [2.45, 2.75) is 19.5 Å². The van der Waals surface area contributed by atoms with Crippen LogP contribution in [0.15, 0.2) is 20.5 Å². The molecule has 1 aliphatic heterocycles. The van der Waals surface area contributed by atoms with Gasteiger partial charge in [0.15, 0.2) is 28.3 Å². The van der Waals surface area contributed by atoms with Crippen LogP contribution in [0.5, 0.6) is 0 Å². The molecule has 80 valence electrons. The van der Waals surface area contributed by atoms with Crippen molar-refractivity contribution in [1.82, 2.24) is 25.6 Å². The maximum atomic E-state index is 4.06. The topological polar surface area (TPSA) is 117 Å². The monoisotopic (exact) mass is 217 g/mol. The van der Waals surface area contributed by atoms with E-state index in [2.05, 4.69) is 46.1 Å². The number of hydrogen-bond donors (Lipinski definition) is 1. The maximum Gasteiger partial charge on any atom is 0.186 e. The molecule has 3 heterocycles. The number of rotatable bonds is 0.